The number of rotatable bonds is 2. The van der Waals surface area contributed by atoms with E-state index in [-0.39, 0.29) is 11.8 Å². The van der Waals surface area contributed by atoms with Crippen molar-refractivity contribution in [2.24, 2.45) is 11.7 Å². The van der Waals surface area contributed by atoms with E-state index in [4.69, 9.17) is 5.73 Å². The molecule has 0 atom stereocenters. The first-order valence-electron chi connectivity index (χ1n) is 6.64. The van der Waals surface area contributed by atoms with Crippen molar-refractivity contribution in [1.29, 1.82) is 0 Å². The summed E-state index contributed by atoms with van der Waals surface area (Å²) in [4.78, 5) is 17.9. The topological polar surface area (TPSA) is 59.2 Å². The molecule has 0 bridgehead atoms. The summed E-state index contributed by atoms with van der Waals surface area (Å²) in [5.41, 5.74) is 7.59. The fourth-order valence-electron chi connectivity index (χ4n) is 2.76. The molecule has 98 valence electrons. The van der Waals surface area contributed by atoms with E-state index < -0.39 is 0 Å². The standard InChI is InChI=1S/C15H17N3O/c16-15(19)11-6-9-18(10-7-11)14-5-8-17-13-4-2-1-3-12(13)14/h1-5,8,11H,6-7,9-10H2,(H2,16,19). The van der Waals surface area contributed by atoms with Crippen molar-refractivity contribution < 1.29 is 4.79 Å². The van der Waals surface area contributed by atoms with Crippen LogP contribution in [0.1, 0.15) is 12.8 Å². The van der Waals surface area contributed by atoms with E-state index in [0.29, 0.717) is 0 Å². The Labute approximate surface area is 112 Å². The minimum atomic E-state index is -0.167. The minimum absolute atomic E-state index is 0.0318. The molecule has 2 heterocycles. The number of carbonyl (C=O) groups excluding carboxylic acids is 1. The second kappa shape index (κ2) is 4.88. The summed E-state index contributed by atoms with van der Waals surface area (Å²) < 4.78 is 0. The Morgan fingerprint density at radius 1 is 1.21 bits per heavy atom. The zero-order valence-corrected chi connectivity index (χ0v) is 10.7. The lowest BCUT2D eigenvalue weighted by molar-refractivity contribution is -0.122. The summed E-state index contributed by atoms with van der Waals surface area (Å²) >= 11 is 0. The van der Waals surface area contributed by atoms with Crippen molar-refractivity contribution in [3.05, 3.63) is 36.5 Å². The highest BCUT2D eigenvalue weighted by Crippen LogP contribution is 2.28. The fourth-order valence-corrected chi connectivity index (χ4v) is 2.76. The van der Waals surface area contributed by atoms with E-state index in [9.17, 15) is 4.79 Å². The molecular formula is C15H17N3O. The number of fused-ring (bicyclic) bond motifs is 1. The van der Waals surface area contributed by atoms with Crippen molar-refractivity contribution >= 4 is 22.5 Å². The highest BCUT2D eigenvalue weighted by molar-refractivity contribution is 5.91. The number of hydrogen-bond acceptors (Lipinski definition) is 3. The number of aromatic nitrogens is 1. The molecule has 1 saturated heterocycles. The molecule has 2 N–H and O–H groups in total. The van der Waals surface area contributed by atoms with Gasteiger partial charge in [-0.1, -0.05) is 18.2 Å². The van der Waals surface area contributed by atoms with Gasteiger partial charge < -0.3 is 10.6 Å². The molecule has 0 radical (unpaired) electrons. The molecule has 1 aliphatic heterocycles. The predicted octanol–water partition coefficient (Wildman–Crippen LogP) is 1.94. The van der Waals surface area contributed by atoms with Crippen LogP contribution in [0.4, 0.5) is 5.69 Å². The van der Waals surface area contributed by atoms with Crippen LogP contribution < -0.4 is 10.6 Å². The number of amides is 1. The molecule has 0 spiro atoms. The third-order valence-electron chi connectivity index (χ3n) is 3.86. The maximum absolute atomic E-state index is 11.2. The van der Waals surface area contributed by atoms with Crippen LogP contribution in [0.25, 0.3) is 10.9 Å². The number of piperidine rings is 1. The monoisotopic (exact) mass is 255 g/mol. The molecule has 0 saturated carbocycles. The Kier molecular flexibility index (Phi) is 3.07. The summed E-state index contributed by atoms with van der Waals surface area (Å²) in [6.45, 7) is 1.75. The van der Waals surface area contributed by atoms with Crippen LogP contribution in [0.3, 0.4) is 0 Å². The number of para-hydroxylation sites is 1. The largest absolute Gasteiger partial charge is 0.371 e. The van der Waals surface area contributed by atoms with E-state index in [2.05, 4.69) is 16.0 Å². The highest BCUT2D eigenvalue weighted by Gasteiger charge is 2.23. The molecular weight excluding hydrogens is 238 g/mol. The van der Waals surface area contributed by atoms with Gasteiger partial charge in [-0.25, -0.2) is 0 Å². The van der Waals surface area contributed by atoms with Gasteiger partial charge in [0.25, 0.3) is 0 Å². The van der Waals surface area contributed by atoms with Crippen molar-refractivity contribution in [3.8, 4) is 0 Å². The SMILES string of the molecule is NC(=O)C1CCN(c2ccnc3ccccc23)CC1. The van der Waals surface area contributed by atoms with E-state index in [0.717, 1.165) is 31.4 Å². The quantitative estimate of drug-likeness (QED) is 0.892. The maximum Gasteiger partial charge on any atom is 0.220 e. The van der Waals surface area contributed by atoms with Gasteiger partial charge in [-0.3, -0.25) is 9.78 Å². The number of nitrogens with zero attached hydrogens (tertiary/aromatic N) is 2. The summed E-state index contributed by atoms with van der Waals surface area (Å²) in [6, 6.07) is 10.2. The normalized spacial score (nSPS) is 16.7. The van der Waals surface area contributed by atoms with Crippen LogP contribution >= 0.6 is 0 Å². The molecule has 1 aliphatic rings. The second-order valence-electron chi connectivity index (χ2n) is 5.01. The van der Waals surface area contributed by atoms with E-state index in [1.807, 2.05) is 30.5 Å². The summed E-state index contributed by atoms with van der Waals surface area (Å²) in [5.74, 6) is -0.136. The van der Waals surface area contributed by atoms with Crippen molar-refractivity contribution in [3.63, 3.8) is 0 Å². The van der Waals surface area contributed by atoms with Gasteiger partial charge >= 0.3 is 0 Å². The van der Waals surface area contributed by atoms with Gasteiger partial charge in [0.05, 0.1) is 5.52 Å². The summed E-state index contributed by atoms with van der Waals surface area (Å²) in [6.07, 6.45) is 3.52. The van der Waals surface area contributed by atoms with E-state index in [1.165, 1.54) is 11.1 Å². The van der Waals surface area contributed by atoms with E-state index in [1.54, 1.807) is 0 Å². The Hall–Kier alpha value is -2.10. The molecule has 2 aromatic rings. The van der Waals surface area contributed by atoms with Crippen molar-refractivity contribution in [2.75, 3.05) is 18.0 Å². The molecule has 0 aliphatic carbocycles. The van der Waals surface area contributed by atoms with Crippen LogP contribution in [-0.2, 0) is 4.79 Å². The molecule has 4 nitrogen and oxygen atoms in total. The van der Waals surface area contributed by atoms with E-state index >= 15 is 0 Å². The lowest BCUT2D eigenvalue weighted by Gasteiger charge is -2.32. The van der Waals surface area contributed by atoms with Gasteiger partial charge in [-0.05, 0) is 25.0 Å². The first kappa shape index (κ1) is 12.0. The van der Waals surface area contributed by atoms with Crippen LogP contribution in [-0.4, -0.2) is 24.0 Å². The Morgan fingerprint density at radius 3 is 2.68 bits per heavy atom. The maximum atomic E-state index is 11.2. The zero-order chi connectivity index (χ0) is 13.2. The zero-order valence-electron chi connectivity index (χ0n) is 10.7. The lowest BCUT2D eigenvalue weighted by Crippen LogP contribution is -2.38. The van der Waals surface area contributed by atoms with Crippen molar-refractivity contribution in [2.45, 2.75) is 12.8 Å². The highest BCUT2D eigenvalue weighted by atomic mass is 16.1. The molecule has 19 heavy (non-hydrogen) atoms. The van der Waals surface area contributed by atoms with Gasteiger partial charge in [-0.15, -0.1) is 0 Å². The molecule has 0 unspecified atom stereocenters. The first-order valence-corrected chi connectivity index (χ1v) is 6.64. The van der Waals surface area contributed by atoms with Gasteiger partial charge in [0.15, 0.2) is 0 Å². The Morgan fingerprint density at radius 2 is 1.95 bits per heavy atom. The number of hydrogen-bond donors (Lipinski definition) is 1. The summed E-state index contributed by atoms with van der Waals surface area (Å²) in [5, 5.41) is 1.17. The molecule has 1 aromatic carbocycles. The summed E-state index contributed by atoms with van der Waals surface area (Å²) in [7, 11) is 0. The molecule has 1 fully saturated rings. The van der Waals surface area contributed by atoms with Crippen LogP contribution in [0, 0.1) is 5.92 Å². The fraction of sp³-hybridized carbons (Fsp3) is 0.333. The number of pyridine rings is 1. The molecule has 3 rings (SSSR count). The Bertz CT molecular complexity index is 598. The average molecular weight is 255 g/mol. The van der Waals surface area contributed by atoms with Gasteiger partial charge in [-0.2, -0.15) is 0 Å². The van der Waals surface area contributed by atoms with Crippen LogP contribution in [0.15, 0.2) is 36.5 Å². The number of carbonyl (C=O) groups is 1. The number of nitrogens with two attached hydrogens (primary N) is 1. The third kappa shape index (κ3) is 2.26. The lowest BCUT2D eigenvalue weighted by atomic mass is 9.95. The molecule has 4 heteroatoms. The minimum Gasteiger partial charge on any atom is -0.371 e. The number of primary amides is 1. The first-order chi connectivity index (χ1) is 9.25. The van der Waals surface area contributed by atoms with Gasteiger partial charge in [0.1, 0.15) is 0 Å². The van der Waals surface area contributed by atoms with Gasteiger partial charge in [0, 0.05) is 36.3 Å². The smallest absolute Gasteiger partial charge is 0.220 e. The predicted molar refractivity (Wildman–Crippen MR) is 75.9 cm³/mol. The second-order valence-corrected chi connectivity index (χ2v) is 5.01. The van der Waals surface area contributed by atoms with Gasteiger partial charge in [0.2, 0.25) is 5.91 Å². The third-order valence-corrected chi connectivity index (χ3v) is 3.86. The van der Waals surface area contributed by atoms with Crippen LogP contribution in [0.5, 0.6) is 0 Å². The molecule has 1 amide bonds. The Balaban J connectivity index is 1.88. The van der Waals surface area contributed by atoms with Crippen LogP contribution in [0.2, 0.25) is 0 Å². The number of benzene rings is 1. The number of anilines is 1. The average Bonchev–Trinajstić information content (AvgIpc) is 2.47. The van der Waals surface area contributed by atoms with Crippen molar-refractivity contribution in [1.82, 2.24) is 4.98 Å². The molecule has 1 aromatic heterocycles.